The lowest BCUT2D eigenvalue weighted by atomic mass is 10.0. The molecular weight excluding hydrogens is 1010 g/mol. The second-order valence-corrected chi connectivity index (χ2v) is 26.3. The van der Waals surface area contributed by atoms with Gasteiger partial charge in [0.05, 0.1) is 25.4 Å². The Labute approximate surface area is 514 Å². The van der Waals surface area contributed by atoms with Gasteiger partial charge in [-0.1, -0.05) is 386 Å². The number of aliphatic hydroxyl groups is 2. The molecule has 0 heterocycles. The van der Waals surface area contributed by atoms with Gasteiger partial charge in [0.1, 0.15) is 0 Å². The molecule has 0 saturated heterocycles. The molecule has 82 heavy (non-hydrogen) atoms. The van der Waals surface area contributed by atoms with Crippen molar-refractivity contribution in [1.29, 1.82) is 0 Å². The number of nitrogens with one attached hydrogen (secondary N) is 1. The summed E-state index contributed by atoms with van der Waals surface area (Å²) >= 11 is 0. The summed E-state index contributed by atoms with van der Waals surface area (Å²) in [6.07, 6.45) is 89.9. The molecule has 0 radical (unpaired) electrons. The molecule has 3 N–H and O–H groups in total. The second kappa shape index (κ2) is 72.1. The van der Waals surface area contributed by atoms with Crippen molar-refractivity contribution in [2.45, 2.75) is 450 Å². The first-order valence-corrected chi connectivity index (χ1v) is 37.9. The first kappa shape index (κ1) is 80.6. The highest BCUT2D eigenvalue weighted by atomic mass is 16.5. The maximum atomic E-state index is 12.6. The fraction of sp³-hybridized carbons (Fsp3) is 0.947. The minimum absolute atomic E-state index is 0.0120. The third-order valence-corrected chi connectivity index (χ3v) is 18.1. The van der Waals surface area contributed by atoms with Crippen LogP contribution in [0.25, 0.3) is 0 Å². The molecule has 0 aromatic heterocycles. The standard InChI is InChI=1S/C76H149NO5/c1-3-5-7-9-11-13-15-17-19-21-22-23-31-34-37-40-44-48-52-56-60-64-68-74(79)73(72-78)77-75(80)69-65-61-57-53-49-45-41-38-35-32-29-27-25-24-26-28-30-33-36-39-43-47-51-55-59-63-67-71-82-76(81)70-66-62-58-54-50-46-42-20-18-16-14-12-10-8-6-4-2/h20,42,73-74,78-79H,3-19,21-41,43-72H2,1-2H3,(H,77,80)/b42-20-. The summed E-state index contributed by atoms with van der Waals surface area (Å²) in [5, 5.41) is 23.5. The van der Waals surface area contributed by atoms with Gasteiger partial charge >= 0.3 is 5.97 Å². The van der Waals surface area contributed by atoms with Crippen LogP contribution < -0.4 is 5.32 Å². The van der Waals surface area contributed by atoms with Gasteiger partial charge in [0.25, 0.3) is 0 Å². The summed E-state index contributed by atoms with van der Waals surface area (Å²) in [6, 6.07) is -0.540. The Balaban J connectivity index is 3.34. The first-order chi connectivity index (χ1) is 40.5. The zero-order chi connectivity index (χ0) is 59.2. The van der Waals surface area contributed by atoms with Crippen LogP contribution in [0.15, 0.2) is 12.2 Å². The molecule has 0 aliphatic heterocycles. The number of unbranched alkanes of at least 4 members (excludes halogenated alkanes) is 59. The Morgan fingerprint density at radius 3 is 0.866 bits per heavy atom. The van der Waals surface area contributed by atoms with Gasteiger partial charge in [0.2, 0.25) is 5.91 Å². The lowest BCUT2D eigenvalue weighted by Gasteiger charge is -2.22. The molecule has 0 bridgehead atoms. The highest BCUT2D eigenvalue weighted by molar-refractivity contribution is 5.76. The minimum atomic E-state index is -0.663. The second-order valence-electron chi connectivity index (χ2n) is 26.3. The van der Waals surface area contributed by atoms with E-state index in [2.05, 4.69) is 31.3 Å². The Morgan fingerprint density at radius 2 is 0.573 bits per heavy atom. The van der Waals surface area contributed by atoms with Crippen molar-refractivity contribution in [3.8, 4) is 0 Å². The van der Waals surface area contributed by atoms with Gasteiger partial charge in [-0.2, -0.15) is 0 Å². The van der Waals surface area contributed by atoms with Crippen molar-refractivity contribution >= 4 is 11.9 Å². The Hall–Kier alpha value is -1.40. The van der Waals surface area contributed by atoms with Crippen LogP contribution in [0.5, 0.6) is 0 Å². The molecule has 2 atom stereocenters. The Kier molecular flexibility index (Phi) is 70.8. The normalized spacial score (nSPS) is 12.5. The third kappa shape index (κ3) is 67.7. The van der Waals surface area contributed by atoms with Crippen molar-refractivity contribution in [2.24, 2.45) is 0 Å². The number of carbonyl (C=O) groups is 2. The summed E-state index contributed by atoms with van der Waals surface area (Å²) < 4.78 is 5.50. The minimum Gasteiger partial charge on any atom is -0.466 e. The van der Waals surface area contributed by atoms with Crippen molar-refractivity contribution < 1.29 is 24.5 Å². The van der Waals surface area contributed by atoms with Crippen molar-refractivity contribution in [3.05, 3.63) is 12.2 Å². The van der Waals surface area contributed by atoms with E-state index in [9.17, 15) is 19.8 Å². The van der Waals surface area contributed by atoms with Crippen molar-refractivity contribution in [3.63, 3.8) is 0 Å². The predicted octanol–water partition coefficient (Wildman–Crippen LogP) is 24.7. The van der Waals surface area contributed by atoms with E-state index in [0.29, 0.717) is 25.9 Å². The maximum Gasteiger partial charge on any atom is 0.305 e. The average molecular weight is 1160 g/mol. The van der Waals surface area contributed by atoms with Gasteiger partial charge < -0.3 is 20.3 Å². The number of allylic oxidation sites excluding steroid dienone is 2. The smallest absolute Gasteiger partial charge is 0.305 e. The number of aliphatic hydroxyl groups excluding tert-OH is 2. The molecule has 0 saturated carbocycles. The first-order valence-electron chi connectivity index (χ1n) is 37.9. The van der Waals surface area contributed by atoms with Crippen LogP contribution in [-0.2, 0) is 14.3 Å². The lowest BCUT2D eigenvalue weighted by Crippen LogP contribution is -2.45. The van der Waals surface area contributed by atoms with Gasteiger partial charge in [0.15, 0.2) is 0 Å². The molecule has 0 aliphatic carbocycles. The molecule has 6 heteroatoms. The van der Waals surface area contributed by atoms with E-state index < -0.39 is 12.1 Å². The molecule has 6 nitrogen and oxygen atoms in total. The van der Waals surface area contributed by atoms with E-state index >= 15 is 0 Å². The monoisotopic (exact) mass is 1160 g/mol. The number of hydrogen-bond donors (Lipinski definition) is 3. The van der Waals surface area contributed by atoms with E-state index in [1.165, 1.54) is 360 Å². The van der Waals surface area contributed by atoms with Gasteiger partial charge in [-0.3, -0.25) is 9.59 Å². The molecule has 0 aliphatic rings. The van der Waals surface area contributed by atoms with Crippen molar-refractivity contribution in [2.75, 3.05) is 13.2 Å². The van der Waals surface area contributed by atoms with Crippen LogP contribution in [0.3, 0.4) is 0 Å². The number of carbonyl (C=O) groups excluding carboxylic acids is 2. The number of ether oxygens (including phenoxy) is 1. The van der Waals surface area contributed by atoms with Crippen LogP contribution in [0, 0.1) is 0 Å². The molecule has 0 spiro atoms. The average Bonchev–Trinajstić information content (AvgIpc) is 3.48. The summed E-state index contributed by atoms with van der Waals surface area (Å²) in [5.41, 5.74) is 0. The number of esters is 1. The largest absolute Gasteiger partial charge is 0.466 e. The van der Waals surface area contributed by atoms with Crippen LogP contribution >= 0.6 is 0 Å². The number of amides is 1. The molecule has 488 valence electrons. The van der Waals surface area contributed by atoms with Gasteiger partial charge in [-0.15, -0.1) is 0 Å². The fourth-order valence-electron chi connectivity index (χ4n) is 12.3. The topological polar surface area (TPSA) is 95.9 Å². The molecule has 0 fully saturated rings. The predicted molar refractivity (Wildman–Crippen MR) is 361 cm³/mol. The van der Waals surface area contributed by atoms with E-state index in [1.807, 2.05) is 0 Å². The van der Waals surface area contributed by atoms with Gasteiger partial charge in [-0.05, 0) is 51.4 Å². The fourth-order valence-corrected chi connectivity index (χ4v) is 12.3. The van der Waals surface area contributed by atoms with Gasteiger partial charge in [-0.25, -0.2) is 0 Å². The van der Waals surface area contributed by atoms with Crippen LogP contribution in [0.4, 0.5) is 0 Å². The quantitative estimate of drug-likeness (QED) is 0.0320. The zero-order valence-corrected chi connectivity index (χ0v) is 56.0. The van der Waals surface area contributed by atoms with Gasteiger partial charge in [0, 0.05) is 12.8 Å². The summed E-state index contributed by atoms with van der Waals surface area (Å²) in [6.45, 7) is 5.00. The number of rotatable bonds is 72. The highest BCUT2D eigenvalue weighted by Gasteiger charge is 2.20. The van der Waals surface area contributed by atoms with E-state index in [-0.39, 0.29) is 18.5 Å². The summed E-state index contributed by atoms with van der Waals surface area (Å²) in [5.74, 6) is -0.0147. The van der Waals surface area contributed by atoms with Crippen LogP contribution in [0.1, 0.15) is 438 Å². The van der Waals surface area contributed by atoms with E-state index in [1.54, 1.807) is 0 Å². The Bertz CT molecular complexity index is 1240. The van der Waals surface area contributed by atoms with Crippen LogP contribution in [0.2, 0.25) is 0 Å². The Morgan fingerprint density at radius 1 is 0.329 bits per heavy atom. The number of hydrogen-bond acceptors (Lipinski definition) is 5. The zero-order valence-electron chi connectivity index (χ0n) is 56.0. The van der Waals surface area contributed by atoms with Crippen molar-refractivity contribution in [1.82, 2.24) is 5.32 Å². The van der Waals surface area contributed by atoms with E-state index in [4.69, 9.17) is 4.74 Å². The molecule has 1 amide bonds. The molecule has 0 aromatic carbocycles. The summed E-state index contributed by atoms with van der Waals surface area (Å²) in [4.78, 5) is 24.7. The summed E-state index contributed by atoms with van der Waals surface area (Å²) in [7, 11) is 0. The van der Waals surface area contributed by atoms with Crippen LogP contribution in [-0.4, -0.2) is 47.4 Å². The van der Waals surface area contributed by atoms with E-state index in [0.717, 1.165) is 44.9 Å². The molecule has 0 aromatic rings. The molecular formula is C76H149NO5. The highest BCUT2D eigenvalue weighted by Crippen LogP contribution is 2.20. The lowest BCUT2D eigenvalue weighted by molar-refractivity contribution is -0.143. The molecule has 2 unspecified atom stereocenters. The maximum absolute atomic E-state index is 12.6. The molecule has 0 rings (SSSR count). The third-order valence-electron chi connectivity index (χ3n) is 18.1. The SMILES string of the molecule is CCCCCCCCC/C=C\CCCCCCCC(=O)OCCCCCCCCCCCCCCCCCCCCCCCCCCCCCC(=O)NC(CO)C(O)CCCCCCCCCCCCCCCCCCCCCCCC.